The summed E-state index contributed by atoms with van der Waals surface area (Å²) in [7, 11) is 0. The molecule has 0 spiro atoms. The zero-order chi connectivity index (χ0) is 18.3. The topological polar surface area (TPSA) is 64.7 Å². The Morgan fingerprint density at radius 1 is 1.00 bits per heavy atom. The van der Waals surface area contributed by atoms with E-state index in [9.17, 15) is 4.39 Å². The van der Waals surface area contributed by atoms with Crippen LogP contribution >= 0.6 is 11.6 Å². The maximum Gasteiger partial charge on any atom is 0.142 e. The Bertz CT molecular complexity index is 1140. The third-order valence-corrected chi connectivity index (χ3v) is 4.60. The lowest BCUT2D eigenvalue weighted by Gasteiger charge is -2.13. The SMILES string of the molecule is Cc1cc(F)c(Cl)cc1-c1ncccc1-c1ccc2ncnc(N)c2c1. The van der Waals surface area contributed by atoms with E-state index >= 15 is 0 Å². The minimum absolute atomic E-state index is 0.0679. The van der Waals surface area contributed by atoms with Gasteiger partial charge in [-0.25, -0.2) is 14.4 Å². The van der Waals surface area contributed by atoms with Gasteiger partial charge in [-0.15, -0.1) is 0 Å². The van der Waals surface area contributed by atoms with Gasteiger partial charge in [-0.3, -0.25) is 4.98 Å². The summed E-state index contributed by atoms with van der Waals surface area (Å²) in [6.07, 6.45) is 3.14. The molecule has 0 saturated heterocycles. The predicted molar refractivity (Wildman–Crippen MR) is 102 cm³/mol. The van der Waals surface area contributed by atoms with E-state index in [1.54, 1.807) is 12.3 Å². The fraction of sp³-hybridized carbons (Fsp3) is 0.0500. The van der Waals surface area contributed by atoms with Gasteiger partial charge in [0.1, 0.15) is 18.0 Å². The molecule has 2 aromatic heterocycles. The Hall–Kier alpha value is -3.05. The van der Waals surface area contributed by atoms with Gasteiger partial charge in [-0.2, -0.15) is 0 Å². The molecule has 0 bridgehead atoms. The molecule has 0 fully saturated rings. The number of aryl methyl sites for hydroxylation is 1. The van der Waals surface area contributed by atoms with E-state index in [0.717, 1.165) is 38.9 Å². The van der Waals surface area contributed by atoms with Gasteiger partial charge < -0.3 is 5.73 Å². The van der Waals surface area contributed by atoms with E-state index < -0.39 is 5.82 Å². The van der Waals surface area contributed by atoms with Crippen LogP contribution in [-0.2, 0) is 0 Å². The maximum atomic E-state index is 13.7. The lowest BCUT2D eigenvalue weighted by Crippen LogP contribution is -1.95. The molecule has 2 aromatic carbocycles. The van der Waals surface area contributed by atoms with Crippen molar-refractivity contribution in [2.45, 2.75) is 6.92 Å². The van der Waals surface area contributed by atoms with Gasteiger partial charge in [0, 0.05) is 22.7 Å². The van der Waals surface area contributed by atoms with Crippen molar-refractivity contribution < 1.29 is 4.39 Å². The Kier molecular flexibility index (Phi) is 4.01. The summed E-state index contributed by atoms with van der Waals surface area (Å²) >= 11 is 6.00. The first-order chi connectivity index (χ1) is 12.5. The molecule has 128 valence electrons. The van der Waals surface area contributed by atoms with Crippen molar-refractivity contribution in [2.24, 2.45) is 0 Å². The van der Waals surface area contributed by atoms with Gasteiger partial charge in [0.2, 0.25) is 0 Å². The number of nitrogens with zero attached hydrogens (tertiary/aromatic N) is 3. The molecular formula is C20H14ClFN4. The number of anilines is 1. The van der Waals surface area contributed by atoms with Crippen molar-refractivity contribution in [2.75, 3.05) is 5.73 Å². The largest absolute Gasteiger partial charge is 0.383 e. The van der Waals surface area contributed by atoms with Gasteiger partial charge in [0.15, 0.2) is 0 Å². The van der Waals surface area contributed by atoms with Crippen molar-refractivity contribution in [1.29, 1.82) is 0 Å². The molecule has 0 amide bonds. The second kappa shape index (κ2) is 6.35. The highest BCUT2D eigenvalue weighted by Gasteiger charge is 2.14. The number of benzene rings is 2. The fourth-order valence-electron chi connectivity index (χ4n) is 3.00. The maximum absolute atomic E-state index is 13.7. The number of rotatable bonds is 2. The van der Waals surface area contributed by atoms with Crippen LogP contribution in [0.25, 0.3) is 33.3 Å². The van der Waals surface area contributed by atoms with E-state index in [1.165, 1.54) is 12.4 Å². The molecule has 0 aliphatic carbocycles. The van der Waals surface area contributed by atoms with Gasteiger partial charge >= 0.3 is 0 Å². The normalized spacial score (nSPS) is 11.0. The number of halogens is 2. The lowest BCUT2D eigenvalue weighted by molar-refractivity contribution is 0.627. The molecule has 0 aliphatic rings. The Labute approximate surface area is 154 Å². The van der Waals surface area contributed by atoms with Crippen LogP contribution in [0.4, 0.5) is 10.2 Å². The van der Waals surface area contributed by atoms with Crippen molar-refractivity contribution >= 4 is 28.3 Å². The van der Waals surface area contributed by atoms with Gasteiger partial charge in [0.05, 0.1) is 16.2 Å². The molecule has 4 rings (SSSR count). The van der Waals surface area contributed by atoms with Crippen molar-refractivity contribution in [3.05, 3.63) is 71.4 Å². The first-order valence-electron chi connectivity index (χ1n) is 7.96. The molecule has 0 radical (unpaired) electrons. The summed E-state index contributed by atoms with van der Waals surface area (Å²) in [5, 5.41) is 0.840. The molecule has 2 N–H and O–H groups in total. The van der Waals surface area contributed by atoms with Gasteiger partial charge in [-0.1, -0.05) is 23.7 Å². The lowest BCUT2D eigenvalue weighted by atomic mass is 9.96. The molecule has 0 atom stereocenters. The van der Waals surface area contributed by atoms with Crippen molar-refractivity contribution in [3.8, 4) is 22.4 Å². The number of pyridine rings is 1. The van der Waals surface area contributed by atoms with Crippen LogP contribution in [0.2, 0.25) is 5.02 Å². The van der Waals surface area contributed by atoms with Gasteiger partial charge in [-0.05, 0) is 48.4 Å². The fourth-order valence-corrected chi connectivity index (χ4v) is 3.16. The van der Waals surface area contributed by atoms with Crippen LogP contribution in [0.15, 0.2) is 55.0 Å². The molecule has 0 unspecified atom stereocenters. The number of fused-ring (bicyclic) bond motifs is 1. The van der Waals surface area contributed by atoms with Crippen LogP contribution in [0.5, 0.6) is 0 Å². The average molecular weight is 365 g/mol. The molecule has 2 heterocycles. The van der Waals surface area contributed by atoms with E-state index in [2.05, 4.69) is 15.0 Å². The third-order valence-electron chi connectivity index (χ3n) is 4.31. The second-order valence-electron chi connectivity index (χ2n) is 5.97. The molecule has 0 aliphatic heterocycles. The summed E-state index contributed by atoms with van der Waals surface area (Å²) in [6, 6.07) is 12.6. The number of hydrogen-bond acceptors (Lipinski definition) is 4. The standard InChI is InChI=1S/C20H14ClFN4/c1-11-7-17(22)16(21)9-14(11)19-13(3-2-6-24-19)12-4-5-18-15(8-12)20(23)26-10-25-18/h2-10H,1H3,(H2,23,25,26). The minimum Gasteiger partial charge on any atom is -0.383 e. The van der Waals surface area contributed by atoms with E-state index in [0.29, 0.717) is 5.82 Å². The summed E-state index contributed by atoms with van der Waals surface area (Å²) in [5.41, 5.74) is 10.8. The Balaban J connectivity index is 1.95. The van der Waals surface area contributed by atoms with Crippen molar-refractivity contribution in [3.63, 3.8) is 0 Å². The predicted octanol–water partition coefficient (Wildman–Crippen LogP) is 5.04. The molecule has 26 heavy (non-hydrogen) atoms. The number of aromatic nitrogens is 3. The minimum atomic E-state index is -0.443. The zero-order valence-electron chi connectivity index (χ0n) is 13.9. The van der Waals surface area contributed by atoms with E-state index in [-0.39, 0.29) is 5.02 Å². The highest BCUT2D eigenvalue weighted by molar-refractivity contribution is 6.31. The monoisotopic (exact) mass is 364 g/mol. The van der Waals surface area contributed by atoms with E-state index in [4.69, 9.17) is 17.3 Å². The summed E-state index contributed by atoms with van der Waals surface area (Å²) in [5.74, 6) is -0.0238. The number of hydrogen-bond donors (Lipinski definition) is 1. The quantitative estimate of drug-likeness (QED) is 0.541. The number of nitrogens with two attached hydrogens (primary N) is 1. The number of nitrogen functional groups attached to an aromatic ring is 1. The van der Waals surface area contributed by atoms with Crippen LogP contribution < -0.4 is 5.73 Å². The molecule has 4 aromatic rings. The highest BCUT2D eigenvalue weighted by Crippen LogP contribution is 2.35. The van der Waals surface area contributed by atoms with Crippen LogP contribution in [0.3, 0.4) is 0 Å². The van der Waals surface area contributed by atoms with Crippen molar-refractivity contribution in [1.82, 2.24) is 15.0 Å². The van der Waals surface area contributed by atoms with Crippen LogP contribution in [-0.4, -0.2) is 15.0 Å². The third kappa shape index (κ3) is 2.76. The Morgan fingerprint density at radius 2 is 1.85 bits per heavy atom. The second-order valence-corrected chi connectivity index (χ2v) is 6.38. The molecular weight excluding hydrogens is 351 g/mol. The Morgan fingerprint density at radius 3 is 2.69 bits per heavy atom. The summed E-state index contributed by atoms with van der Waals surface area (Å²) in [6.45, 7) is 1.83. The van der Waals surface area contributed by atoms with Crippen LogP contribution in [0, 0.1) is 12.7 Å². The highest BCUT2D eigenvalue weighted by atomic mass is 35.5. The first-order valence-corrected chi connectivity index (χ1v) is 8.34. The molecule has 0 saturated carbocycles. The van der Waals surface area contributed by atoms with Gasteiger partial charge in [0.25, 0.3) is 0 Å². The smallest absolute Gasteiger partial charge is 0.142 e. The van der Waals surface area contributed by atoms with Crippen LogP contribution in [0.1, 0.15) is 5.56 Å². The average Bonchev–Trinajstić information content (AvgIpc) is 2.65. The first kappa shape index (κ1) is 16.4. The molecule has 4 nitrogen and oxygen atoms in total. The molecule has 6 heteroatoms. The summed E-state index contributed by atoms with van der Waals surface area (Å²) in [4.78, 5) is 12.8. The van der Waals surface area contributed by atoms with E-state index in [1.807, 2.05) is 37.3 Å². The summed E-state index contributed by atoms with van der Waals surface area (Å²) < 4.78 is 13.7. The zero-order valence-corrected chi connectivity index (χ0v) is 14.6.